The van der Waals surface area contributed by atoms with Crippen molar-refractivity contribution in [3.63, 3.8) is 0 Å². The summed E-state index contributed by atoms with van der Waals surface area (Å²) >= 11 is 6.80. The Kier molecular flexibility index (Phi) is 13.4. The molecule has 12 nitrogen and oxygen atoms in total. The van der Waals surface area contributed by atoms with Crippen LogP contribution in [0, 0.1) is 6.92 Å². The van der Waals surface area contributed by atoms with E-state index >= 15 is 0 Å². The molecule has 1 aliphatic heterocycles. The van der Waals surface area contributed by atoms with Gasteiger partial charge < -0.3 is 9.80 Å². The lowest BCUT2D eigenvalue weighted by atomic mass is 9.98. The van der Waals surface area contributed by atoms with Crippen LogP contribution in [0.1, 0.15) is 87.6 Å². The first-order valence-corrected chi connectivity index (χ1v) is 19.9. The van der Waals surface area contributed by atoms with E-state index in [2.05, 4.69) is 23.7 Å². The predicted molar refractivity (Wildman–Crippen MR) is 208 cm³/mol. The number of benzene rings is 4. The van der Waals surface area contributed by atoms with Crippen molar-refractivity contribution in [2.45, 2.75) is 64.3 Å². The van der Waals surface area contributed by atoms with Crippen molar-refractivity contribution < 1.29 is 32.4 Å². The molecule has 6 rings (SSSR count). The van der Waals surface area contributed by atoms with E-state index in [1.807, 2.05) is 36.4 Å². The first-order valence-electron chi connectivity index (χ1n) is 18.0. The van der Waals surface area contributed by atoms with Crippen molar-refractivity contribution in [3.05, 3.63) is 124 Å². The molecule has 0 bridgehead atoms. The molecule has 2 heterocycles. The number of amides is 3. The molecule has 0 fully saturated rings. The van der Waals surface area contributed by atoms with Gasteiger partial charge in [-0.2, -0.15) is 14.7 Å². The van der Waals surface area contributed by atoms with Gasteiger partial charge in [0.1, 0.15) is 0 Å². The highest BCUT2D eigenvalue weighted by Crippen LogP contribution is 2.29. The van der Waals surface area contributed by atoms with E-state index in [4.69, 9.17) is 21.2 Å². The number of nitrogens with zero attached hydrogens (tertiary/aromatic N) is 4. The van der Waals surface area contributed by atoms with Gasteiger partial charge in [-0.1, -0.05) is 92.9 Å². The summed E-state index contributed by atoms with van der Waals surface area (Å²) in [6, 6.07) is 24.2. The molecule has 286 valence electrons. The average Bonchev–Trinajstić information content (AvgIpc) is 3.49. The first-order chi connectivity index (χ1) is 26.4. The number of carbonyl (C=O) groups is 3. The van der Waals surface area contributed by atoms with E-state index in [1.54, 1.807) is 41.0 Å². The zero-order valence-corrected chi connectivity index (χ0v) is 32.5. The van der Waals surface area contributed by atoms with Gasteiger partial charge in [-0.3, -0.25) is 14.4 Å². The quantitative estimate of drug-likeness (QED) is 0.146. The van der Waals surface area contributed by atoms with Gasteiger partial charge >= 0.3 is 6.15 Å². The van der Waals surface area contributed by atoms with Gasteiger partial charge in [-0.25, -0.2) is 17.8 Å². The number of carbonyl (C=O) groups excluding carboxylic acids is 5. The highest BCUT2D eigenvalue weighted by molar-refractivity contribution is 7.90. The molecular formula is C41H42ClN5O7S. The standard InChI is InChI=1S/C40H42ClN5O5S.CO2/c1-4-6-21-44(22-7-5-2)40(49)37-36(41)27(3)46(42-37)35-19-17-31(25-34(35)39(48)45-23-20-29-13-9-11-15-32(29)26-45)38(47)43-52(50,51)33-18-16-28-12-8-10-14-30(28)24-33;2-1-3/h8-19,24-25H,4-7,20-23,26H2,1-3H3,(H,43,47);. The van der Waals surface area contributed by atoms with E-state index in [9.17, 15) is 22.8 Å². The van der Waals surface area contributed by atoms with Crippen LogP contribution in [0.2, 0.25) is 5.02 Å². The SMILES string of the molecule is CCCCN(CCCC)C(=O)c1nn(-c2ccc(C(=O)NS(=O)(=O)c3ccc4ccccc4c3)cc2C(=O)N2CCc3ccccc3C2)c(C)c1Cl.O=C=O. The van der Waals surface area contributed by atoms with Gasteiger partial charge in [-0.05, 0) is 78.4 Å². The smallest absolute Gasteiger partial charge is 0.337 e. The topological polar surface area (TPSA) is 156 Å². The highest BCUT2D eigenvalue weighted by atomic mass is 35.5. The predicted octanol–water partition coefficient (Wildman–Crippen LogP) is 6.76. The summed E-state index contributed by atoms with van der Waals surface area (Å²) in [6.45, 7) is 7.79. The van der Waals surface area contributed by atoms with Gasteiger partial charge in [0.15, 0.2) is 5.69 Å². The molecule has 3 amide bonds. The molecule has 0 radical (unpaired) electrons. The van der Waals surface area contributed by atoms with Crippen LogP contribution in [-0.2, 0) is 32.6 Å². The summed E-state index contributed by atoms with van der Waals surface area (Å²) in [6.07, 6.45) is 4.42. The van der Waals surface area contributed by atoms with Gasteiger partial charge in [0.2, 0.25) is 0 Å². The molecule has 1 aliphatic rings. The average molecular weight is 784 g/mol. The fraction of sp³-hybridized carbons (Fsp3) is 0.293. The van der Waals surface area contributed by atoms with Gasteiger partial charge in [0.25, 0.3) is 27.7 Å². The normalized spacial score (nSPS) is 12.3. The summed E-state index contributed by atoms with van der Waals surface area (Å²) in [5, 5.41) is 6.42. The van der Waals surface area contributed by atoms with E-state index in [0.717, 1.165) is 42.2 Å². The van der Waals surface area contributed by atoms with E-state index < -0.39 is 15.9 Å². The monoisotopic (exact) mass is 783 g/mol. The third-order valence-corrected chi connectivity index (χ3v) is 11.3. The van der Waals surface area contributed by atoms with Gasteiger partial charge in [0.05, 0.1) is 26.9 Å². The lowest BCUT2D eigenvalue weighted by molar-refractivity contribution is -0.191. The van der Waals surface area contributed by atoms with Crippen molar-refractivity contribution >= 4 is 56.3 Å². The molecule has 1 N–H and O–H groups in total. The Hall–Kier alpha value is -5.62. The minimum Gasteiger partial charge on any atom is -0.337 e. The zero-order chi connectivity index (χ0) is 39.7. The maximum atomic E-state index is 14.4. The highest BCUT2D eigenvalue weighted by Gasteiger charge is 2.30. The Bertz CT molecular complexity index is 2360. The number of fused-ring (bicyclic) bond motifs is 2. The Balaban J connectivity index is 0.00000187. The summed E-state index contributed by atoms with van der Waals surface area (Å²) in [7, 11) is -4.26. The molecule has 4 aromatic carbocycles. The lowest BCUT2D eigenvalue weighted by Crippen LogP contribution is -2.37. The van der Waals surface area contributed by atoms with E-state index in [1.165, 1.54) is 28.9 Å². The Morgan fingerprint density at radius 3 is 2.18 bits per heavy atom. The molecule has 0 aliphatic carbocycles. The van der Waals surface area contributed by atoms with E-state index in [-0.39, 0.29) is 44.7 Å². The molecule has 0 saturated heterocycles. The molecule has 0 spiro atoms. The van der Waals surface area contributed by atoms with E-state index in [0.29, 0.717) is 49.4 Å². The maximum Gasteiger partial charge on any atom is 0.373 e. The minimum absolute atomic E-state index is 0.0358. The maximum absolute atomic E-state index is 14.4. The molecule has 0 unspecified atom stereocenters. The summed E-state index contributed by atoms with van der Waals surface area (Å²) in [5.74, 6) is -1.56. The molecule has 55 heavy (non-hydrogen) atoms. The Morgan fingerprint density at radius 1 is 0.873 bits per heavy atom. The number of hydrogen-bond donors (Lipinski definition) is 1. The number of rotatable bonds is 12. The second-order valence-corrected chi connectivity index (χ2v) is 15.2. The first kappa shape index (κ1) is 40.6. The number of nitrogens with one attached hydrogen (secondary N) is 1. The number of sulfonamides is 1. The fourth-order valence-electron chi connectivity index (χ4n) is 6.46. The van der Waals surface area contributed by atoms with Gasteiger partial charge in [-0.15, -0.1) is 0 Å². The minimum atomic E-state index is -4.26. The fourth-order valence-corrected chi connectivity index (χ4v) is 7.67. The molecule has 5 aromatic rings. The number of unbranched alkanes of at least 4 members (excludes halogenated alkanes) is 2. The van der Waals surface area contributed by atoms with Crippen molar-refractivity contribution in [1.29, 1.82) is 0 Å². The van der Waals surface area contributed by atoms with Crippen LogP contribution in [0.4, 0.5) is 0 Å². The van der Waals surface area contributed by atoms with Crippen LogP contribution in [0.25, 0.3) is 16.5 Å². The van der Waals surface area contributed by atoms with Crippen LogP contribution < -0.4 is 4.72 Å². The Morgan fingerprint density at radius 2 is 1.51 bits per heavy atom. The molecule has 0 atom stereocenters. The molecule has 1 aromatic heterocycles. The van der Waals surface area contributed by atoms with Crippen LogP contribution in [0.15, 0.2) is 89.8 Å². The lowest BCUT2D eigenvalue weighted by Gasteiger charge is -2.29. The molecule has 14 heteroatoms. The summed E-state index contributed by atoms with van der Waals surface area (Å²) in [5.41, 5.74) is 3.10. The number of hydrogen-bond acceptors (Lipinski definition) is 8. The van der Waals surface area contributed by atoms with Crippen molar-refractivity contribution in [2.75, 3.05) is 19.6 Å². The van der Waals surface area contributed by atoms with Crippen molar-refractivity contribution in [3.8, 4) is 5.69 Å². The summed E-state index contributed by atoms with van der Waals surface area (Å²) < 4.78 is 30.4. The third kappa shape index (κ3) is 9.20. The van der Waals surface area contributed by atoms with Crippen molar-refractivity contribution in [2.24, 2.45) is 0 Å². The second kappa shape index (κ2) is 18.1. The summed E-state index contributed by atoms with van der Waals surface area (Å²) in [4.78, 5) is 61.5. The van der Waals surface area contributed by atoms with Crippen LogP contribution in [-0.4, -0.2) is 71.5 Å². The molecule has 0 saturated carbocycles. The van der Waals surface area contributed by atoms with Crippen molar-refractivity contribution in [1.82, 2.24) is 24.3 Å². The van der Waals surface area contributed by atoms with Gasteiger partial charge in [0, 0.05) is 31.7 Å². The zero-order valence-electron chi connectivity index (χ0n) is 30.9. The third-order valence-electron chi connectivity index (χ3n) is 9.49. The van der Waals surface area contributed by atoms with Crippen LogP contribution in [0.5, 0.6) is 0 Å². The molecular weight excluding hydrogens is 742 g/mol. The largest absolute Gasteiger partial charge is 0.373 e. The van der Waals surface area contributed by atoms with Crippen LogP contribution >= 0.6 is 11.6 Å². The van der Waals surface area contributed by atoms with Crippen LogP contribution in [0.3, 0.4) is 0 Å². The number of aromatic nitrogens is 2. The second-order valence-electron chi connectivity index (χ2n) is 13.2. The number of halogens is 1. The Labute approximate surface area is 325 Å².